The molecule has 2 aliphatic rings. The number of benzene rings is 3. The van der Waals surface area contributed by atoms with E-state index in [2.05, 4.69) is 57.8 Å². The molecule has 1 aliphatic carbocycles. The highest BCUT2D eigenvalue weighted by Crippen LogP contribution is 2.34. The minimum absolute atomic E-state index is 0.278. The molecule has 0 bridgehead atoms. The summed E-state index contributed by atoms with van der Waals surface area (Å²) in [5, 5.41) is 18.3. The summed E-state index contributed by atoms with van der Waals surface area (Å²) in [5.41, 5.74) is 7.17. The van der Waals surface area contributed by atoms with Gasteiger partial charge in [0.05, 0.1) is 24.8 Å². The van der Waals surface area contributed by atoms with Crippen LogP contribution in [0.25, 0.3) is 10.9 Å². The number of nitrogens with one attached hydrogen (secondary N) is 1. The van der Waals surface area contributed by atoms with Crippen molar-refractivity contribution in [3.63, 3.8) is 0 Å². The van der Waals surface area contributed by atoms with Crippen LogP contribution in [0, 0.1) is 0 Å². The first-order chi connectivity index (χ1) is 17.8. The fraction of sp³-hybridized carbons (Fsp3) is 0.267. The van der Waals surface area contributed by atoms with Crippen LogP contribution >= 0.6 is 0 Å². The molecule has 1 atom stereocenters. The molecule has 0 spiro atoms. The second kappa shape index (κ2) is 10.1. The van der Waals surface area contributed by atoms with Crippen LogP contribution in [-0.4, -0.2) is 47.1 Å². The van der Waals surface area contributed by atoms with E-state index in [0.717, 1.165) is 73.5 Å². The number of morpholine rings is 1. The lowest BCUT2D eigenvalue weighted by molar-refractivity contribution is 0.0342. The van der Waals surface area contributed by atoms with Gasteiger partial charge in [0.2, 0.25) is 0 Å². The molecule has 6 heteroatoms. The number of hydrogen-bond acceptors (Lipinski definition) is 6. The molecular formula is C30H30N4O2. The van der Waals surface area contributed by atoms with Crippen LogP contribution in [0.15, 0.2) is 84.0 Å². The van der Waals surface area contributed by atoms with Gasteiger partial charge in [-0.05, 0) is 47.7 Å². The molecule has 0 amide bonds. The van der Waals surface area contributed by atoms with Crippen LogP contribution in [0.2, 0.25) is 0 Å². The van der Waals surface area contributed by atoms with Gasteiger partial charge in [-0.2, -0.15) is 0 Å². The Bertz CT molecular complexity index is 1390. The average molecular weight is 479 g/mol. The number of ether oxygens (including phenoxy) is 1. The highest BCUT2D eigenvalue weighted by molar-refractivity contribution is 6.18. The first-order valence-corrected chi connectivity index (χ1v) is 12.6. The molecule has 2 N–H and O–H groups in total. The van der Waals surface area contributed by atoms with Gasteiger partial charge < -0.3 is 15.3 Å². The third-order valence-corrected chi connectivity index (χ3v) is 7.28. The van der Waals surface area contributed by atoms with Crippen molar-refractivity contribution < 1.29 is 9.94 Å². The number of fused-ring (bicyclic) bond motifs is 2. The molecule has 0 radical (unpaired) electrons. The molecular weight excluding hydrogens is 448 g/mol. The lowest BCUT2D eigenvalue weighted by atomic mass is 9.97. The first kappa shape index (κ1) is 22.7. The fourth-order valence-electron chi connectivity index (χ4n) is 5.38. The molecule has 6 rings (SSSR count). The van der Waals surface area contributed by atoms with Gasteiger partial charge in [0.15, 0.2) is 0 Å². The van der Waals surface area contributed by atoms with Crippen molar-refractivity contribution in [1.29, 1.82) is 0 Å². The molecule has 4 aromatic rings. The van der Waals surface area contributed by atoms with Gasteiger partial charge in [-0.25, -0.2) is 4.98 Å². The van der Waals surface area contributed by atoms with Crippen LogP contribution in [0.5, 0.6) is 0 Å². The summed E-state index contributed by atoms with van der Waals surface area (Å²) in [6, 6.07) is 27.2. The van der Waals surface area contributed by atoms with E-state index < -0.39 is 0 Å². The Labute approximate surface area is 211 Å². The Morgan fingerprint density at radius 1 is 0.972 bits per heavy atom. The number of anilines is 1. The fourth-order valence-corrected chi connectivity index (χ4v) is 5.38. The molecule has 3 aromatic carbocycles. The molecule has 1 fully saturated rings. The quantitative estimate of drug-likeness (QED) is 0.221. The van der Waals surface area contributed by atoms with Gasteiger partial charge in [0, 0.05) is 36.1 Å². The van der Waals surface area contributed by atoms with Gasteiger partial charge in [0.25, 0.3) is 0 Å². The molecule has 2 heterocycles. The molecule has 1 saturated heterocycles. The van der Waals surface area contributed by atoms with Crippen molar-refractivity contribution in [2.75, 3.05) is 31.6 Å². The van der Waals surface area contributed by atoms with E-state index in [4.69, 9.17) is 9.72 Å². The second-order valence-electron chi connectivity index (χ2n) is 9.54. The van der Waals surface area contributed by atoms with Gasteiger partial charge in [-0.3, -0.25) is 4.90 Å². The maximum atomic E-state index is 9.99. The summed E-state index contributed by atoms with van der Waals surface area (Å²) in [6.45, 7) is 4.39. The molecule has 6 nitrogen and oxygen atoms in total. The number of oxime groups is 1. The monoisotopic (exact) mass is 478 g/mol. The largest absolute Gasteiger partial charge is 0.410 e. The Morgan fingerprint density at radius 3 is 2.64 bits per heavy atom. The molecule has 1 aliphatic heterocycles. The minimum atomic E-state index is 0.278. The number of pyridine rings is 1. The zero-order chi connectivity index (χ0) is 24.3. The summed E-state index contributed by atoms with van der Waals surface area (Å²) >= 11 is 0. The lowest BCUT2D eigenvalue weighted by Crippen LogP contribution is -2.35. The third kappa shape index (κ3) is 4.57. The number of aryl methyl sites for hydroxylation is 1. The lowest BCUT2D eigenvalue weighted by Gasteiger charge is -2.26. The standard InChI is InChI=1S/C30H30N4O2/c35-33-30(23-10-8-21(9-11-23)20-34-16-18-36-19-17-34)26-6-3-7-27-25(26)13-15-29(31-27)32-28-14-12-22-4-1-2-5-24(22)28/h1-11,13,15,28,35H,12,14,16-20H2,(H,31,32)/t28-/m1/s1. The summed E-state index contributed by atoms with van der Waals surface area (Å²) in [7, 11) is 0. The zero-order valence-electron chi connectivity index (χ0n) is 20.2. The summed E-state index contributed by atoms with van der Waals surface area (Å²) < 4.78 is 5.45. The average Bonchev–Trinajstić information content (AvgIpc) is 3.33. The topological polar surface area (TPSA) is 70.0 Å². The Kier molecular flexibility index (Phi) is 6.36. The molecule has 0 unspecified atom stereocenters. The molecule has 1 aromatic heterocycles. The van der Waals surface area contributed by atoms with Crippen LogP contribution in [0.4, 0.5) is 5.82 Å². The predicted octanol–water partition coefficient (Wildman–Crippen LogP) is 5.39. The second-order valence-corrected chi connectivity index (χ2v) is 9.54. The maximum Gasteiger partial charge on any atom is 0.127 e. The van der Waals surface area contributed by atoms with Crippen molar-refractivity contribution >= 4 is 22.4 Å². The Morgan fingerprint density at radius 2 is 1.81 bits per heavy atom. The smallest absolute Gasteiger partial charge is 0.127 e. The number of hydrogen-bond donors (Lipinski definition) is 2. The van der Waals surface area contributed by atoms with Crippen molar-refractivity contribution in [3.8, 4) is 0 Å². The van der Waals surface area contributed by atoms with E-state index in [1.54, 1.807) is 0 Å². The van der Waals surface area contributed by atoms with Crippen molar-refractivity contribution in [2.45, 2.75) is 25.4 Å². The SMILES string of the molecule is ON=C(c1ccc(CN2CCOCC2)cc1)c1cccc2nc(N[C@@H]3CCc4ccccc43)ccc12. The van der Waals surface area contributed by atoms with Crippen molar-refractivity contribution in [3.05, 3.63) is 107 Å². The van der Waals surface area contributed by atoms with E-state index >= 15 is 0 Å². The van der Waals surface area contributed by atoms with Crippen LogP contribution in [-0.2, 0) is 17.7 Å². The minimum Gasteiger partial charge on any atom is -0.410 e. The molecule has 36 heavy (non-hydrogen) atoms. The van der Waals surface area contributed by atoms with Crippen LogP contribution in [0.3, 0.4) is 0 Å². The van der Waals surface area contributed by atoms with Gasteiger partial charge >= 0.3 is 0 Å². The van der Waals surface area contributed by atoms with Crippen molar-refractivity contribution in [1.82, 2.24) is 9.88 Å². The molecule has 0 saturated carbocycles. The van der Waals surface area contributed by atoms with E-state index in [0.29, 0.717) is 5.71 Å². The van der Waals surface area contributed by atoms with E-state index in [-0.39, 0.29) is 6.04 Å². The van der Waals surface area contributed by atoms with E-state index in [1.807, 2.05) is 36.4 Å². The predicted molar refractivity (Wildman–Crippen MR) is 143 cm³/mol. The Hall–Kier alpha value is -3.74. The van der Waals surface area contributed by atoms with E-state index in [1.165, 1.54) is 16.7 Å². The first-order valence-electron chi connectivity index (χ1n) is 12.6. The zero-order valence-corrected chi connectivity index (χ0v) is 20.2. The normalized spacial score (nSPS) is 18.3. The number of aromatic nitrogens is 1. The highest BCUT2D eigenvalue weighted by Gasteiger charge is 2.22. The van der Waals surface area contributed by atoms with Crippen LogP contribution in [0.1, 0.15) is 40.3 Å². The Balaban J connectivity index is 1.23. The van der Waals surface area contributed by atoms with Gasteiger partial charge in [-0.15, -0.1) is 0 Å². The third-order valence-electron chi connectivity index (χ3n) is 7.28. The van der Waals surface area contributed by atoms with Gasteiger partial charge in [-0.1, -0.05) is 65.8 Å². The van der Waals surface area contributed by atoms with E-state index in [9.17, 15) is 5.21 Å². The van der Waals surface area contributed by atoms with Crippen molar-refractivity contribution in [2.24, 2.45) is 5.16 Å². The number of nitrogens with zero attached hydrogens (tertiary/aromatic N) is 3. The number of rotatable bonds is 6. The highest BCUT2D eigenvalue weighted by atomic mass is 16.5. The molecule has 182 valence electrons. The summed E-state index contributed by atoms with van der Waals surface area (Å²) in [6.07, 6.45) is 2.16. The summed E-state index contributed by atoms with van der Waals surface area (Å²) in [5.74, 6) is 0.858. The summed E-state index contributed by atoms with van der Waals surface area (Å²) in [4.78, 5) is 7.29. The van der Waals surface area contributed by atoms with Crippen LogP contribution < -0.4 is 5.32 Å². The maximum absolute atomic E-state index is 9.99. The van der Waals surface area contributed by atoms with Gasteiger partial charge in [0.1, 0.15) is 11.5 Å².